The maximum atomic E-state index is 12.3. The minimum absolute atomic E-state index is 0.0231. The molecule has 1 aliphatic rings. The first-order valence-electron chi connectivity index (χ1n) is 7.45. The van der Waals surface area contributed by atoms with E-state index >= 15 is 0 Å². The topological polar surface area (TPSA) is 77.2 Å². The lowest BCUT2D eigenvalue weighted by Crippen LogP contribution is -2.29. The van der Waals surface area contributed by atoms with Gasteiger partial charge in [0.1, 0.15) is 11.8 Å². The Hall–Kier alpha value is -2.37. The van der Waals surface area contributed by atoms with Crippen molar-refractivity contribution in [2.24, 2.45) is 0 Å². The molecule has 0 saturated heterocycles. The SMILES string of the molecule is Cc1noc([C@H](C)NC(=O)C[C@@H]2CCOc3ccccc32)n1. The maximum absolute atomic E-state index is 12.3. The lowest BCUT2D eigenvalue weighted by atomic mass is 9.90. The molecule has 22 heavy (non-hydrogen) atoms. The third-order valence-electron chi connectivity index (χ3n) is 3.81. The highest BCUT2D eigenvalue weighted by molar-refractivity contribution is 5.77. The van der Waals surface area contributed by atoms with Crippen LogP contribution in [0.5, 0.6) is 5.75 Å². The number of benzene rings is 1. The van der Waals surface area contributed by atoms with Crippen molar-refractivity contribution in [3.8, 4) is 5.75 Å². The first-order chi connectivity index (χ1) is 10.6. The molecule has 1 N–H and O–H groups in total. The van der Waals surface area contributed by atoms with Gasteiger partial charge in [-0.3, -0.25) is 4.79 Å². The number of nitrogens with one attached hydrogen (secondary N) is 1. The Morgan fingerprint density at radius 2 is 2.27 bits per heavy atom. The van der Waals surface area contributed by atoms with E-state index in [9.17, 15) is 4.79 Å². The Morgan fingerprint density at radius 3 is 3.05 bits per heavy atom. The molecule has 0 fully saturated rings. The molecule has 0 radical (unpaired) electrons. The molecule has 6 heteroatoms. The van der Waals surface area contributed by atoms with Crippen LogP contribution in [0.3, 0.4) is 0 Å². The minimum atomic E-state index is -0.288. The fourth-order valence-corrected chi connectivity index (χ4v) is 2.70. The summed E-state index contributed by atoms with van der Waals surface area (Å²) in [6.07, 6.45) is 1.27. The van der Waals surface area contributed by atoms with Crippen molar-refractivity contribution in [2.75, 3.05) is 6.61 Å². The van der Waals surface area contributed by atoms with Gasteiger partial charge in [-0.2, -0.15) is 4.98 Å². The number of aryl methyl sites for hydroxylation is 1. The Balaban J connectivity index is 1.63. The highest BCUT2D eigenvalue weighted by Crippen LogP contribution is 2.35. The van der Waals surface area contributed by atoms with Crippen LogP contribution in [0.4, 0.5) is 0 Å². The van der Waals surface area contributed by atoms with Gasteiger partial charge in [0.25, 0.3) is 0 Å². The van der Waals surface area contributed by atoms with Gasteiger partial charge >= 0.3 is 0 Å². The number of ether oxygens (including phenoxy) is 1. The molecule has 0 aliphatic carbocycles. The van der Waals surface area contributed by atoms with Crippen LogP contribution in [-0.4, -0.2) is 22.7 Å². The Kier molecular flexibility index (Phi) is 4.09. The van der Waals surface area contributed by atoms with E-state index in [0.29, 0.717) is 24.7 Å². The van der Waals surface area contributed by atoms with Crippen molar-refractivity contribution < 1.29 is 14.1 Å². The maximum Gasteiger partial charge on any atom is 0.248 e. The summed E-state index contributed by atoms with van der Waals surface area (Å²) in [5.74, 6) is 2.03. The fourth-order valence-electron chi connectivity index (χ4n) is 2.70. The molecule has 0 saturated carbocycles. The largest absolute Gasteiger partial charge is 0.493 e. The van der Waals surface area contributed by atoms with Crippen LogP contribution in [0.2, 0.25) is 0 Å². The Morgan fingerprint density at radius 1 is 1.45 bits per heavy atom. The molecular formula is C16H19N3O3. The molecule has 2 atom stereocenters. The molecule has 1 aliphatic heterocycles. The van der Waals surface area contributed by atoms with E-state index in [-0.39, 0.29) is 17.9 Å². The average molecular weight is 301 g/mol. The predicted molar refractivity (Wildman–Crippen MR) is 79.5 cm³/mol. The quantitative estimate of drug-likeness (QED) is 0.939. The van der Waals surface area contributed by atoms with E-state index in [1.807, 2.05) is 31.2 Å². The first kappa shape index (κ1) is 14.6. The van der Waals surface area contributed by atoms with Crippen LogP contribution in [0.1, 0.15) is 49.0 Å². The minimum Gasteiger partial charge on any atom is -0.493 e. The van der Waals surface area contributed by atoms with Crippen molar-refractivity contribution in [3.05, 3.63) is 41.5 Å². The van der Waals surface area contributed by atoms with Crippen LogP contribution in [-0.2, 0) is 4.79 Å². The van der Waals surface area contributed by atoms with Crippen molar-refractivity contribution in [1.29, 1.82) is 0 Å². The highest BCUT2D eigenvalue weighted by atomic mass is 16.5. The summed E-state index contributed by atoms with van der Waals surface area (Å²) in [7, 11) is 0. The smallest absolute Gasteiger partial charge is 0.248 e. The molecule has 1 aromatic heterocycles. The summed E-state index contributed by atoms with van der Waals surface area (Å²) in [5, 5.41) is 6.65. The van der Waals surface area contributed by atoms with Crippen LogP contribution < -0.4 is 10.1 Å². The van der Waals surface area contributed by atoms with Crippen LogP contribution in [0.15, 0.2) is 28.8 Å². The number of fused-ring (bicyclic) bond motifs is 1. The highest BCUT2D eigenvalue weighted by Gasteiger charge is 2.24. The number of carbonyl (C=O) groups excluding carboxylic acids is 1. The fraction of sp³-hybridized carbons (Fsp3) is 0.438. The summed E-state index contributed by atoms with van der Waals surface area (Å²) in [6.45, 7) is 4.23. The van der Waals surface area contributed by atoms with E-state index < -0.39 is 0 Å². The van der Waals surface area contributed by atoms with E-state index in [2.05, 4.69) is 15.5 Å². The number of rotatable bonds is 4. The predicted octanol–water partition coefficient (Wildman–Crippen LogP) is 2.51. The second-order valence-electron chi connectivity index (χ2n) is 5.55. The zero-order valence-electron chi connectivity index (χ0n) is 12.7. The number of nitrogens with zero attached hydrogens (tertiary/aromatic N) is 2. The third kappa shape index (κ3) is 3.10. The van der Waals surface area contributed by atoms with E-state index in [1.54, 1.807) is 6.92 Å². The van der Waals surface area contributed by atoms with E-state index in [0.717, 1.165) is 17.7 Å². The van der Waals surface area contributed by atoms with Gasteiger partial charge < -0.3 is 14.6 Å². The van der Waals surface area contributed by atoms with Gasteiger partial charge in [0.15, 0.2) is 5.82 Å². The molecule has 0 unspecified atom stereocenters. The average Bonchev–Trinajstić information content (AvgIpc) is 2.94. The van der Waals surface area contributed by atoms with Gasteiger partial charge in [-0.1, -0.05) is 23.4 Å². The summed E-state index contributed by atoms with van der Waals surface area (Å²) >= 11 is 0. The molecule has 6 nitrogen and oxygen atoms in total. The Labute approximate surface area is 128 Å². The lowest BCUT2D eigenvalue weighted by molar-refractivity contribution is -0.122. The van der Waals surface area contributed by atoms with Crippen molar-refractivity contribution in [1.82, 2.24) is 15.5 Å². The molecule has 3 rings (SSSR count). The summed E-state index contributed by atoms with van der Waals surface area (Å²) < 4.78 is 10.7. The summed E-state index contributed by atoms with van der Waals surface area (Å²) in [5.41, 5.74) is 1.10. The second kappa shape index (κ2) is 6.17. The number of para-hydroxylation sites is 1. The molecule has 1 amide bonds. The number of hydrogen-bond donors (Lipinski definition) is 1. The zero-order chi connectivity index (χ0) is 15.5. The first-order valence-corrected chi connectivity index (χ1v) is 7.45. The standard InChI is InChI=1S/C16H19N3O3/c1-10(16-18-11(2)19-22-16)17-15(20)9-12-7-8-21-14-6-4-3-5-13(12)14/h3-6,10,12H,7-9H2,1-2H3,(H,17,20)/t10-,12-/m0/s1. The van der Waals surface area contributed by atoms with Crippen LogP contribution in [0, 0.1) is 6.92 Å². The van der Waals surface area contributed by atoms with Crippen LogP contribution >= 0.6 is 0 Å². The summed E-state index contributed by atoms with van der Waals surface area (Å²) in [6, 6.07) is 7.60. The normalized spacial score (nSPS) is 18.2. The Bertz CT molecular complexity index is 668. The zero-order valence-corrected chi connectivity index (χ0v) is 12.7. The number of carbonyl (C=O) groups is 1. The van der Waals surface area contributed by atoms with Gasteiger partial charge in [-0.05, 0) is 37.8 Å². The second-order valence-corrected chi connectivity index (χ2v) is 5.55. The number of amides is 1. The molecule has 116 valence electrons. The molecule has 2 heterocycles. The van der Waals surface area contributed by atoms with Crippen molar-refractivity contribution >= 4 is 5.91 Å². The monoisotopic (exact) mass is 301 g/mol. The van der Waals surface area contributed by atoms with Gasteiger partial charge in [-0.15, -0.1) is 0 Å². The van der Waals surface area contributed by atoms with Gasteiger partial charge in [0.05, 0.1) is 6.61 Å². The number of hydrogen-bond acceptors (Lipinski definition) is 5. The molecule has 1 aromatic carbocycles. The van der Waals surface area contributed by atoms with Gasteiger partial charge in [0.2, 0.25) is 11.8 Å². The van der Waals surface area contributed by atoms with Gasteiger partial charge in [-0.25, -0.2) is 0 Å². The lowest BCUT2D eigenvalue weighted by Gasteiger charge is -2.25. The number of aromatic nitrogens is 2. The third-order valence-corrected chi connectivity index (χ3v) is 3.81. The van der Waals surface area contributed by atoms with Crippen LogP contribution in [0.25, 0.3) is 0 Å². The van der Waals surface area contributed by atoms with Crippen molar-refractivity contribution in [3.63, 3.8) is 0 Å². The van der Waals surface area contributed by atoms with E-state index in [1.165, 1.54) is 0 Å². The summed E-state index contributed by atoms with van der Waals surface area (Å²) in [4.78, 5) is 16.4. The molecule has 2 aromatic rings. The molecular weight excluding hydrogens is 282 g/mol. The molecule has 0 spiro atoms. The van der Waals surface area contributed by atoms with Gasteiger partial charge in [0, 0.05) is 6.42 Å². The molecule has 0 bridgehead atoms. The van der Waals surface area contributed by atoms with Crippen molar-refractivity contribution in [2.45, 2.75) is 38.6 Å². The van der Waals surface area contributed by atoms with E-state index in [4.69, 9.17) is 9.26 Å².